The highest BCUT2D eigenvalue weighted by atomic mass is 32.2. The summed E-state index contributed by atoms with van der Waals surface area (Å²) in [4.78, 5) is 20.5. The molecule has 0 unspecified atom stereocenters. The molecule has 4 rings (SSSR count). The second-order valence-corrected chi connectivity index (χ2v) is 10.00. The molecule has 0 spiro atoms. The predicted molar refractivity (Wildman–Crippen MR) is 125 cm³/mol. The van der Waals surface area contributed by atoms with E-state index in [1.807, 2.05) is 13.8 Å². The lowest BCUT2D eigenvalue weighted by molar-refractivity contribution is 0.217. The minimum atomic E-state index is -3.60. The summed E-state index contributed by atoms with van der Waals surface area (Å²) in [7, 11) is -2.16. The van der Waals surface area contributed by atoms with Crippen LogP contribution in [-0.2, 0) is 14.8 Å². The summed E-state index contributed by atoms with van der Waals surface area (Å²) in [6.45, 7) is 4.14. The zero-order valence-electron chi connectivity index (χ0n) is 19.1. The molecule has 1 aromatic carbocycles. The Labute approximate surface area is 192 Å². The number of rotatable bonds is 9. The van der Waals surface area contributed by atoms with Crippen LogP contribution in [0.15, 0.2) is 23.0 Å². The minimum absolute atomic E-state index is 0.0781. The molecule has 2 heterocycles. The molecule has 0 saturated heterocycles. The molecule has 2 N–H and O–H groups in total. The number of fused-ring (bicyclic) bond motifs is 1. The van der Waals surface area contributed by atoms with Gasteiger partial charge in [-0.2, -0.15) is 0 Å². The van der Waals surface area contributed by atoms with E-state index in [4.69, 9.17) is 14.6 Å². The van der Waals surface area contributed by atoms with Crippen LogP contribution in [0.4, 0.5) is 5.69 Å². The van der Waals surface area contributed by atoms with Gasteiger partial charge >= 0.3 is 0 Å². The van der Waals surface area contributed by atoms with Crippen molar-refractivity contribution >= 4 is 21.2 Å². The van der Waals surface area contributed by atoms with Crippen LogP contribution < -0.4 is 15.0 Å². The lowest BCUT2D eigenvalue weighted by atomic mass is 10.1. The topological polar surface area (TPSA) is 128 Å². The fourth-order valence-corrected chi connectivity index (χ4v) is 5.22. The van der Waals surface area contributed by atoms with E-state index in [1.54, 1.807) is 22.7 Å². The average molecular weight is 476 g/mol. The van der Waals surface area contributed by atoms with Crippen LogP contribution in [0.25, 0.3) is 16.9 Å². The molecule has 10 nitrogen and oxygen atoms in total. The number of ether oxygens (including phenoxy) is 2. The summed E-state index contributed by atoms with van der Waals surface area (Å²) >= 11 is 0. The Morgan fingerprint density at radius 1 is 1.27 bits per heavy atom. The highest BCUT2D eigenvalue weighted by Gasteiger charge is 2.25. The number of methoxy groups -OCH3 is 1. The maximum Gasteiger partial charge on any atom is 0.277 e. The number of aromatic amines is 1. The second-order valence-electron chi connectivity index (χ2n) is 8.16. The Hall–Kier alpha value is -2.92. The number of hydrogen-bond donors (Lipinski definition) is 2. The van der Waals surface area contributed by atoms with Crippen LogP contribution in [0.5, 0.6) is 5.75 Å². The highest BCUT2D eigenvalue weighted by Crippen LogP contribution is 2.35. The Balaban J connectivity index is 1.82. The number of aryl methyl sites for hydroxylation is 1. The zero-order chi connectivity index (χ0) is 23.6. The van der Waals surface area contributed by atoms with E-state index >= 15 is 0 Å². The van der Waals surface area contributed by atoms with Crippen molar-refractivity contribution in [2.24, 2.45) is 0 Å². The smallest absolute Gasteiger partial charge is 0.277 e. The maximum atomic E-state index is 13.0. The molecule has 1 fully saturated rings. The second kappa shape index (κ2) is 9.52. The van der Waals surface area contributed by atoms with Crippen molar-refractivity contribution in [3.8, 4) is 17.1 Å². The molecule has 0 atom stereocenters. The fraction of sp³-hybridized carbons (Fsp3) is 0.500. The van der Waals surface area contributed by atoms with E-state index < -0.39 is 10.0 Å². The SMILES string of the molecule is CCOc1ccc(NS(=O)(=O)CCOC)cc1-c1nn2c(C3CCCC3)nc(C)c2c(=O)[nH]1. The lowest BCUT2D eigenvalue weighted by Crippen LogP contribution is -2.20. The van der Waals surface area contributed by atoms with Crippen molar-refractivity contribution in [1.29, 1.82) is 0 Å². The van der Waals surface area contributed by atoms with Crippen molar-refractivity contribution in [1.82, 2.24) is 19.6 Å². The number of nitrogens with one attached hydrogen (secondary N) is 2. The molecule has 3 aromatic rings. The van der Waals surface area contributed by atoms with Gasteiger partial charge in [-0.25, -0.2) is 17.9 Å². The van der Waals surface area contributed by atoms with Crippen LogP contribution in [0.2, 0.25) is 0 Å². The van der Waals surface area contributed by atoms with Crippen LogP contribution in [-0.4, -0.2) is 54.1 Å². The molecular weight excluding hydrogens is 446 g/mol. The third-order valence-electron chi connectivity index (χ3n) is 5.79. The van der Waals surface area contributed by atoms with Crippen molar-refractivity contribution in [3.63, 3.8) is 0 Å². The maximum absolute atomic E-state index is 13.0. The van der Waals surface area contributed by atoms with Gasteiger partial charge in [-0.15, -0.1) is 5.10 Å². The van der Waals surface area contributed by atoms with Crippen molar-refractivity contribution in [2.45, 2.75) is 45.4 Å². The van der Waals surface area contributed by atoms with Gasteiger partial charge in [0.15, 0.2) is 11.3 Å². The molecular formula is C22H29N5O5S. The third kappa shape index (κ3) is 4.88. The van der Waals surface area contributed by atoms with E-state index in [0.29, 0.717) is 34.8 Å². The quantitative estimate of drug-likeness (QED) is 0.487. The minimum Gasteiger partial charge on any atom is -0.493 e. The number of H-pyrrole nitrogens is 1. The lowest BCUT2D eigenvalue weighted by Gasteiger charge is -2.14. The monoisotopic (exact) mass is 475 g/mol. The molecule has 33 heavy (non-hydrogen) atoms. The van der Waals surface area contributed by atoms with Gasteiger partial charge in [-0.3, -0.25) is 9.52 Å². The van der Waals surface area contributed by atoms with Crippen molar-refractivity contribution in [2.75, 3.05) is 30.8 Å². The van der Waals surface area contributed by atoms with Crippen LogP contribution in [0, 0.1) is 6.92 Å². The van der Waals surface area contributed by atoms with Gasteiger partial charge in [-0.1, -0.05) is 12.8 Å². The van der Waals surface area contributed by atoms with Crippen LogP contribution >= 0.6 is 0 Å². The van der Waals surface area contributed by atoms with Gasteiger partial charge < -0.3 is 14.5 Å². The molecule has 1 aliphatic carbocycles. The summed E-state index contributed by atoms with van der Waals surface area (Å²) in [5.41, 5.74) is 1.58. The van der Waals surface area contributed by atoms with Gasteiger partial charge in [0.1, 0.15) is 11.6 Å². The molecule has 178 valence electrons. The van der Waals surface area contributed by atoms with E-state index in [1.165, 1.54) is 7.11 Å². The van der Waals surface area contributed by atoms with Gasteiger partial charge in [-0.05, 0) is 44.9 Å². The Morgan fingerprint density at radius 2 is 2.03 bits per heavy atom. The molecule has 0 bridgehead atoms. The Kier molecular flexibility index (Phi) is 6.71. The molecule has 0 aliphatic heterocycles. The van der Waals surface area contributed by atoms with E-state index in [-0.39, 0.29) is 29.7 Å². The number of aromatic nitrogens is 4. The molecule has 0 amide bonds. The normalized spacial score (nSPS) is 14.8. The fourth-order valence-electron chi connectivity index (χ4n) is 4.25. The number of nitrogens with zero attached hydrogens (tertiary/aromatic N) is 3. The number of hydrogen-bond acceptors (Lipinski definition) is 7. The molecule has 1 aliphatic rings. The van der Waals surface area contributed by atoms with Crippen molar-refractivity contribution < 1.29 is 17.9 Å². The average Bonchev–Trinajstić information content (AvgIpc) is 3.41. The van der Waals surface area contributed by atoms with Crippen LogP contribution in [0.3, 0.4) is 0 Å². The molecule has 0 radical (unpaired) electrons. The summed E-state index contributed by atoms with van der Waals surface area (Å²) < 4.78 is 39.5. The first-order chi connectivity index (χ1) is 15.8. The number of anilines is 1. The Morgan fingerprint density at radius 3 is 2.73 bits per heavy atom. The summed E-state index contributed by atoms with van der Waals surface area (Å²) in [6.07, 6.45) is 4.31. The number of benzene rings is 1. The highest BCUT2D eigenvalue weighted by molar-refractivity contribution is 7.92. The third-order valence-corrected chi connectivity index (χ3v) is 7.04. The standard InChI is InChI=1S/C22H29N5O5S/c1-4-32-18-10-9-16(26-33(29,30)12-11-31-3)13-17(18)20-24-22(28)19-14(2)23-21(27(19)25-20)15-7-5-6-8-15/h9-10,13,15,26H,4-8,11-12H2,1-3H3,(H,24,25,28). The summed E-state index contributed by atoms with van der Waals surface area (Å²) in [5.74, 6) is 1.65. The largest absolute Gasteiger partial charge is 0.493 e. The number of sulfonamides is 1. The van der Waals surface area contributed by atoms with Gasteiger partial charge in [0, 0.05) is 18.7 Å². The zero-order valence-corrected chi connectivity index (χ0v) is 19.9. The van der Waals surface area contributed by atoms with Gasteiger partial charge in [0.05, 0.1) is 30.2 Å². The molecule has 11 heteroatoms. The Bertz CT molecular complexity index is 1310. The van der Waals surface area contributed by atoms with Crippen molar-refractivity contribution in [3.05, 3.63) is 40.1 Å². The number of imidazole rings is 1. The predicted octanol–water partition coefficient (Wildman–Crippen LogP) is 2.84. The first-order valence-corrected chi connectivity index (χ1v) is 12.7. The molecule has 1 saturated carbocycles. The molecule has 2 aromatic heterocycles. The summed E-state index contributed by atoms with van der Waals surface area (Å²) in [5, 5.41) is 4.72. The first-order valence-electron chi connectivity index (χ1n) is 11.1. The van der Waals surface area contributed by atoms with Gasteiger partial charge in [0.25, 0.3) is 5.56 Å². The van der Waals surface area contributed by atoms with Gasteiger partial charge in [0.2, 0.25) is 10.0 Å². The van der Waals surface area contributed by atoms with Crippen LogP contribution in [0.1, 0.15) is 50.0 Å². The first kappa shape index (κ1) is 23.2. The van der Waals surface area contributed by atoms with E-state index in [9.17, 15) is 13.2 Å². The van der Waals surface area contributed by atoms with E-state index in [2.05, 4.69) is 14.7 Å². The summed E-state index contributed by atoms with van der Waals surface area (Å²) in [6, 6.07) is 4.88. The van der Waals surface area contributed by atoms with E-state index in [0.717, 1.165) is 31.5 Å².